The summed E-state index contributed by atoms with van der Waals surface area (Å²) >= 11 is 0. The Bertz CT molecular complexity index is 325. The van der Waals surface area contributed by atoms with Crippen LogP contribution in [0.4, 0.5) is 13.2 Å². The first-order chi connectivity index (χ1) is 8.38. The van der Waals surface area contributed by atoms with Crippen LogP contribution in [-0.4, -0.2) is 36.1 Å². The summed E-state index contributed by atoms with van der Waals surface area (Å²) in [7, 11) is 0. The van der Waals surface area contributed by atoms with Crippen molar-refractivity contribution in [3.8, 4) is 0 Å². The fourth-order valence-corrected chi connectivity index (χ4v) is 2.96. The van der Waals surface area contributed by atoms with Crippen LogP contribution in [-0.2, 0) is 4.79 Å². The van der Waals surface area contributed by atoms with E-state index in [1.165, 1.54) is 0 Å². The molecule has 3 nitrogen and oxygen atoms in total. The molecule has 0 aromatic carbocycles. The van der Waals surface area contributed by atoms with Gasteiger partial charge in [-0.1, -0.05) is 6.42 Å². The Morgan fingerprint density at radius 2 is 1.89 bits per heavy atom. The Kier molecular flexibility index (Phi) is 5.50. The van der Waals surface area contributed by atoms with Crippen molar-refractivity contribution in [1.82, 2.24) is 4.90 Å². The Hall–Kier alpha value is -0.490. The normalized spacial score (nSPS) is 32.0. The zero-order valence-electron chi connectivity index (χ0n) is 10.7. The van der Waals surface area contributed by atoms with Gasteiger partial charge in [0.25, 0.3) is 0 Å². The van der Waals surface area contributed by atoms with Gasteiger partial charge < -0.3 is 10.6 Å². The molecule has 0 aromatic rings. The van der Waals surface area contributed by atoms with Crippen molar-refractivity contribution in [3.63, 3.8) is 0 Å². The Morgan fingerprint density at radius 3 is 2.42 bits per heavy atom. The predicted molar refractivity (Wildman–Crippen MR) is 67.9 cm³/mol. The molecule has 0 bridgehead atoms. The van der Waals surface area contributed by atoms with Crippen LogP contribution in [0.15, 0.2) is 0 Å². The minimum absolute atomic E-state index is 0. The monoisotopic (exact) mass is 300 g/mol. The number of rotatable bonds is 1. The third-order valence-corrected chi connectivity index (χ3v) is 4.02. The van der Waals surface area contributed by atoms with Gasteiger partial charge in [0.05, 0.1) is 5.92 Å². The first-order valence-corrected chi connectivity index (χ1v) is 6.49. The van der Waals surface area contributed by atoms with Crippen molar-refractivity contribution < 1.29 is 18.0 Å². The van der Waals surface area contributed by atoms with Gasteiger partial charge in [-0.2, -0.15) is 13.2 Å². The van der Waals surface area contributed by atoms with E-state index >= 15 is 0 Å². The van der Waals surface area contributed by atoms with Crippen LogP contribution in [0.2, 0.25) is 0 Å². The highest BCUT2D eigenvalue weighted by Crippen LogP contribution is 2.40. The molecule has 1 amide bonds. The molecule has 0 aromatic heterocycles. The van der Waals surface area contributed by atoms with Gasteiger partial charge >= 0.3 is 6.18 Å². The summed E-state index contributed by atoms with van der Waals surface area (Å²) in [6, 6.07) is -0.0176. The van der Waals surface area contributed by atoms with Gasteiger partial charge in [0, 0.05) is 25.0 Å². The molecule has 3 atom stereocenters. The molecule has 1 aliphatic heterocycles. The van der Waals surface area contributed by atoms with Gasteiger partial charge in [0.2, 0.25) is 5.91 Å². The average molecular weight is 301 g/mol. The molecule has 112 valence electrons. The van der Waals surface area contributed by atoms with Crippen molar-refractivity contribution in [2.24, 2.45) is 17.6 Å². The molecule has 2 unspecified atom stereocenters. The molecule has 2 aliphatic rings. The lowest BCUT2D eigenvalue weighted by molar-refractivity contribution is -0.187. The third-order valence-electron chi connectivity index (χ3n) is 4.02. The minimum Gasteiger partial charge on any atom is -0.341 e. The molecular weight excluding hydrogens is 281 g/mol. The fourth-order valence-electron chi connectivity index (χ4n) is 2.96. The first kappa shape index (κ1) is 16.6. The Balaban J connectivity index is 0.00000180. The van der Waals surface area contributed by atoms with E-state index in [2.05, 4.69) is 0 Å². The van der Waals surface area contributed by atoms with Crippen molar-refractivity contribution in [1.29, 1.82) is 0 Å². The number of amides is 1. The van der Waals surface area contributed by atoms with Crippen LogP contribution in [0.5, 0.6) is 0 Å². The quantitative estimate of drug-likeness (QED) is 0.808. The van der Waals surface area contributed by atoms with Gasteiger partial charge in [0.1, 0.15) is 0 Å². The largest absolute Gasteiger partial charge is 0.391 e. The average Bonchev–Trinajstić information content (AvgIpc) is 2.74. The molecule has 1 aliphatic carbocycles. The third kappa shape index (κ3) is 3.99. The standard InChI is InChI=1S/C12H19F3N2O.ClH/c13-12(14,15)9-3-1-2-8(6-9)11(18)17-5-4-10(16)7-17;/h8-10H,1-7,16H2;1H/t8?,9?,10-;/m1./s1. The van der Waals surface area contributed by atoms with Crippen molar-refractivity contribution in [2.75, 3.05) is 13.1 Å². The zero-order chi connectivity index (χ0) is 13.3. The molecule has 1 heterocycles. The number of hydrogen-bond donors (Lipinski definition) is 1. The highest BCUT2D eigenvalue weighted by Gasteiger charge is 2.44. The summed E-state index contributed by atoms with van der Waals surface area (Å²) in [4.78, 5) is 13.8. The summed E-state index contributed by atoms with van der Waals surface area (Å²) < 4.78 is 38.0. The first-order valence-electron chi connectivity index (χ1n) is 6.49. The van der Waals surface area contributed by atoms with Gasteiger partial charge in [-0.15, -0.1) is 12.4 Å². The second-order valence-electron chi connectivity index (χ2n) is 5.44. The van der Waals surface area contributed by atoms with E-state index in [1.807, 2.05) is 0 Å². The molecule has 2 rings (SSSR count). The molecule has 1 saturated carbocycles. The second-order valence-corrected chi connectivity index (χ2v) is 5.44. The highest BCUT2D eigenvalue weighted by molar-refractivity contribution is 5.85. The van der Waals surface area contributed by atoms with Crippen LogP contribution in [0.1, 0.15) is 32.1 Å². The maximum absolute atomic E-state index is 12.7. The number of carbonyl (C=O) groups excluding carboxylic acids is 1. The molecule has 1 saturated heterocycles. The molecule has 2 fully saturated rings. The van der Waals surface area contributed by atoms with Gasteiger partial charge in [-0.05, 0) is 25.7 Å². The van der Waals surface area contributed by atoms with E-state index in [-0.39, 0.29) is 37.2 Å². The SMILES string of the molecule is Cl.N[C@@H]1CCN(C(=O)C2CCCC(C(F)(F)F)C2)C1. The van der Waals surface area contributed by atoms with Gasteiger partial charge in [0.15, 0.2) is 0 Å². The smallest absolute Gasteiger partial charge is 0.341 e. The molecule has 0 spiro atoms. The van der Waals surface area contributed by atoms with E-state index in [0.29, 0.717) is 25.9 Å². The van der Waals surface area contributed by atoms with Gasteiger partial charge in [-0.3, -0.25) is 4.79 Å². The van der Waals surface area contributed by atoms with E-state index < -0.39 is 18.0 Å². The van der Waals surface area contributed by atoms with Gasteiger partial charge in [-0.25, -0.2) is 0 Å². The lowest BCUT2D eigenvalue weighted by Gasteiger charge is -2.32. The van der Waals surface area contributed by atoms with Crippen LogP contribution in [0, 0.1) is 11.8 Å². The van der Waals surface area contributed by atoms with E-state index in [1.54, 1.807) is 4.90 Å². The Labute approximate surface area is 117 Å². The number of nitrogens with two attached hydrogens (primary N) is 1. The number of likely N-dealkylation sites (tertiary alicyclic amines) is 1. The summed E-state index contributed by atoms with van der Waals surface area (Å²) in [5.41, 5.74) is 5.72. The summed E-state index contributed by atoms with van der Waals surface area (Å²) in [6.45, 7) is 1.08. The van der Waals surface area contributed by atoms with Crippen molar-refractivity contribution in [2.45, 2.75) is 44.3 Å². The van der Waals surface area contributed by atoms with Crippen molar-refractivity contribution in [3.05, 3.63) is 0 Å². The second kappa shape index (κ2) is 6.31. The van der Waals surface area contributed by atoms with Crippen molar-refractivity contribution >= 4 is 18.3 Å². The van der Waals surface area contributed by atoms with Crippen LogP contribution in [0.3, 0.4) is 0 Å². The molecule has 7 heteroatoms. The summed E-state index contributed by atoms with van der Waals surface area (Å²) in [6.07, 6.45) is -2.24. The summed E-state index contributed by atoms with van der Waals surface area (Å²) in [5.74, 6) is -1.90. The number of alkyl halides is 3. The number of carbonyl (C=O) groups is 1. The van der Waals surface area contributed by atoms with E-state index in [0.717, 1.165) is 6.42 Å². The highest BCUT2D eigenvalue weighted by atomic mass is 35.5. The maximum Gasteiger partial charge on any atom is 0.391 e. The van der Waals surface area contributed by atoms with E-state index in [9.17, 15) is 18.0 Å². The molecule has 2 N–H and O–H groups in total. The summed E-state index contributed by atoms with van der Waals surface area (Å²) in [5, 5.41) is 0. The lowest BCUT2D eigenvalue weighted by atomic mass is 9.80. The number of nitrogens with zero attached hydrogens (tertiary/aromatic N) is 1. The minimum atomic E-state index is -4.17. The fraction of sp³-hybridized carbons (Fsp3) is 0.917. The van der Waals surface area contributed by atoms with E-state index in [4.69, 9.17) is 5.73 Å². The predicted octanol–water partition coefficient (Wildman–Crippen LogP) is 2.34. The maximum atomic E-state index is 12.7. The van der Waals surface area contributed by atoms with Crippen LogP contribution < -0.4 is 5.73 Å². The molecule has 0 radical (unpaired) electrons. The molecular formula is C12H20ClF3N2O. The topological polar surface area (TPSA) is 46.3 Å². The van der Waals surface area contributed by atoms with Crippen LogP contribution in [0.25, 0.3) is 0 Å². The zero-order valence-corrected chi connectivity index (χ0v) is 11.5. The number of halogens is 4. The van der Waals surface area contributed by atoms with Crippen LogP contribution >= 0.6 is 12.4 Å². The Morgan fingerprint density at radius 1 is 1.21 bits per heavy atom. The lowest BCUT2D eigenvalue weighted by Crippen LogP contribution is -2.40. The molecule has 19 heavy (non-hydrogen) atoms. The number of hydrogen-bond acceptors (Lipinski definition) is 2.